The number of nitrogens with one attached hydrogen (secondary N) is 2. The van der Waals surface area contributed by atoms with E-state index in [4.69, 9.17) is 9.72 Å². The Bertz CT molecular complexity index is 1080. The molecule has 0 saturated carbocycles. The van der Waals surface area contributed by atoms with Crippen molar-refractivity contribution in [3.05, 3.63) is 36.3 Å². The SMILES string of the molecule is Cc1cc(-c2ncn[nH]2)ccc1-c1cnc2c(n1)N(CCC1CCOCC1)CC(=O)N2.[HH]. The van der Waals surface area contributed by atoms with Crippen LogP contribution in [0.2, 0.25) is 0 Å². The average Bonchev–Trinajstić information content (AvgIpc) is 3.33. The molecule has 0 atom stereocenters. The lowest BCUT2D eigenvalue weighted by Crippen LogP contribution is -2.40. The van der Waals surface area contributed by atoms with Crippen molar-refractivity contribution in [2.75, 3.05) is 36.5 Å². The van der Waals surface area contributed by atoms with Crippen LogP contribution in [0.3, 0.4) is 0 Å². The molecule has 0 radical (unpaired) electrons. The monoisotopic (exact) mass is 421 g/mol. The summed E-state index contributed by atoms with van der Waals surface area (Å²) in [5.74, 6) is 2.58. The molecule has 2 aliphatic heterocycles. The highest BCUT2D eigenvalue weighted by Crippen LogP contribution is 2.32. The van der Waals surface area contributed by atoms with Crippen LogP contribution in [-0.4, -0.2) is 57.4 Å². The number of benzene rings is 1. The summed E-state index contributed by atoms with van der Waals surface area (Å²) in [4.78, 5) is 27.9. The van der Waals surface area contributed by atoms with Crippen LogP contribution in [-0.2, 0) is 9.53 Å². The smallest absolute Gasteiger partial charge is 0.245 e. The van der Waals surface area contributed by atoms with E-state index in [1.165, 1.54) is 6.33 Å². The van der Waals surface area contributed by atoms with Gasteiger partial charge in [0.2, 0.25) is 5.91 Å². The molecule has 1 saturated heterocycles. The number of amides is 1. The minimum absolute atomic E-state index is 0. The van der Waals surface area contributed by atoms with Gasteiger partial charge >= 0.3 is 0 Å². The molecule has 0 spiro atoms. The predicted molar refractivity (Wildman–Crippen MR) is 119 cm³/mol. The highest BCUT2D eigenvalue weighted by Gasteiger charge is 2.26. The maximum absolute atomic E-state index is 12.2. The van der Waals surface area contributed by atoms with Crippen molar-refractivity contribution in [3.63, 3.8) is 0 Å². The van der Waals surface area contributed by atoms with Gasteiger partial charge in [-0.15, -0.1) is 0 Å². The second kappa shape index (κ2) is 8.43. The van der Waals surface area contributed by atoms with Gasteiger partial charge in [-0.1, -0.05) is 12.1 Å². The summed E-state index contributed by atoms with van der Waals surface area (Å²) < 4.78 is 5.46. The maximum Gasteiger partial charge on any atom is 0.245 e. The van der Waals surface area contributed by atoms with Gasteiger partial charge < -0.3 is 15.0 Å². The average molecular weight is 422 g/mol. The fourth-order valence-electron chi connectivity index (χ4n) is 4.24. The number of ether oxygens (including phenoxy) is 1. The third-order valence-electron chi connectivity index (χ3n) is 5.98. The Morgan fingerprint density at radius 2 is 2.13 bits per heavy atom. The van der Waals surface area contributed by atoms with Gasteiger partial charge in [-0.25, -0.2) is 15.0 Å². The predicted octanol–water partition coefficient (Wildman–Crippen LogP) is 3.06. The van der Waals surface area contributed by atoms with Crippen molar-refractivity contribution >= 4 is 17.5 Å². The van der Waals surface area contributed by atoms with Gasteiger partial charge in [-0.2, -0.15) is 5.10 Å². The Kier molecular flexibility index (Phi) is 5.33. The van der Waals surface area contributed by atoms with Crippen LogP contribution in [0.5, 0.6) is 0 Å². The van der Waals surface area contributed by atoms with Gasteiger partial charge in [-0.3, -0.25) is 9.89 Å². The lowest BCUT2D eigenvalue weighted by molar-refractivity contribution is -0.115. The van der Waals surface area contributed by atoms with Crippen LogP contribution < -0.4 is 10.2 Å². The minimum Gasteiger partial charge on any atom is -0.381 e. The topological polar surface area (TPSA) is 109 Å². The summed E-state index contributed by atoms with van der Waals surface area (Å²) in [6.45, 7) is 4.79. The Labute approximate surface area is 181 Å². The van der Waals surface area contributed by atoms with E-state index in [0.29, 0.717) is 18.3 Å². The summed E-state index contributed by atoms with van der Waals surface area (Å²) in [5, 5.41) is 9.66. The molecule has 3 aromatic rings. The molecule has 5 rings (SSSR count). The summed E-state index contributed by atoms with van der Waals surface area (Å²) in [5.41, 5.74) is 3.82. The Balaban J connectivity index is 0.00000245. The largest absolute Gasteiger partial charge is 0.381 e. The summed E-state index contributed by atoms with van der Waals surface area (Å²) in [6, 6.07) is 6.08. The van der Waals surface area contributed by atoms with Crippen molar-refractivity contribution in [3.8, 4) is 22.6 Å². The number of carbonyl (C=O) groups excluding carboxylic acids is 1. The van der Waals surface area contributed by atoms with E-state index in [-0.39, 0.29) is 7.33 Å². The highest BCUT2D eigenvalue weighted by molar-refractivity contribution is 5.99. The first-order valence-electron chi connectivity index (χ1n) is 10.6. The highest BCUT2D eigenvalue weighted by atomic mass is 16.5. The fraction of sp³-hybridized carbons (Fsp3) is 0.409. The van der Waals surface area contributed by atoms with Gasteiger partial charge in [0.05, 0.1) is 18.4 Å². The van der Waals surface area contributed by atoms with Crippen molar-refractivity contribution in [1.29, 1.82) is 0 Å². The summed E-state index contributed by atoms with van der Waals surface area (Å²) >= 11 is 0. The molecule has 4 heterocycles. The molecule has 2 N–H and O–H groups in total. The second-order valence-corrected chi connectivity index (χ2v) is 8.11. The van der Waals surface area contributed by atoms with Gasteiger partial charge in [0.1, 0.15) is 6.33 Å². The van der Waals surface area contributed by atoms with Crippen LogP contribution in [0.25, 0.3) is 22.6 Å². The molecule has 0 aliphatic carbocycles. The number of H-pyrrole nitrogens is 1. The Morgan fingerprint density at radius 1 is 1.26 bits per heavy atom. The molecule has 1 fully saturated rings. The van der Waals surface area contributed by atoms with Crippen molar-refractivity contribution in [1.82, 2.24) is 25.1 Å². The number of aromatic amines is 1. The number of nitrogens with zero attached hydrogens (tertiary/aromatic N) is 5. The number of hydrogen-bond acceptors (Lipinski definition) is 7. The first kappa shape index (κ1) is 19.6. The van der Waals surface area contributed by atoms with E-state index in [2.05, 4.69) is 36.4 Å². The zero-order valence-electron chi connectivity index (χ0n) is 17.5. The molecule has 0 bridgehead atoms. The van der Waals surface area contributed by atoms with Gasteiger partial charge in [0.15, 0.2) is 17.5 Å². The molecular weight excluding hydrogens is 394 g/mol. The standard InChI is InChI=1S/C22H25N7O2.H2/c1-14-10-16(20-24-13-25-28-20)2-3-17(14)18-11-23-21-22(26-18)29(12-19(30)27-21)7-4-15-5-8-31-9-6-15;/h2-3,10-11,13,15H,4-9,12H2,1H3,(H,23,27,30)(H,24,25,28);1H. The summed E-state index contributed by atoms with van der Waals surface area (Å²) in [7, 11) is 0. The van der Waals surface area contributed by atoms with E-state index < -0.39 is 0 Å². The number of rotatable bonds is 5. The quantitative estimate of drug-likeness (QED) is 0.652. The fourth-order valence-corrected chi connectivity index (χ4v) is 4.24. The van der Waals surface area contributed by atoms with Crippen LogP contribution in [0.1, 0.15) is 26.3 Å². The second-order valence-electron chi connectivity index (χ2n) is 8.11. The van der Waals surface area contributed by atoms with Crippen LogP contribution in [0, 0.1) is 12.8 Å². The number of carbonyl (C=O) groups is 1. The van der Waals surface area contributed by atoms with E-state index in [9.17, 15) is 4.79 Å². The molecule has 31 heavy (non-hydrogen) atoms. The number of fused-ring (bicyclic) bond motifs is 1. The number of anilines is 2. The van der Waals surface area contributed by atoms with Gasteiger partial charge in [0, 0.05) is 32.3 Å². The molecule has 162 valence electrons. The molecule has 2 aromatic heterocycles. The maximum atomic E-state index is 12.2. The molecular formula is C22H27N7O2. The molecule has 0 unspecified atom stereocenters. The first-order chi connectivity index (χ1) is 15.2. The van der Waals surface area contributed by atoms with E-state index in [1.54, 1.807) is 6.20 Å². The molecule has 9 nitrogen and oxygen atoms in total. The summed E-state index contributed by atoms with van der Waals surface area (Å²) in [6.07, 6.45) is 6.39. The Morgan fingerprint density at radius 3 is 2.90 bits per heavy atom. The van der Waals surface area contributed by atoms with Crippen molar-refractivity contribution in [2.24, 2.45) is 5.92 Å². The van der Waals surface area contributed by atoms with Crippen LogP contribution >= 0.6 is 0 Å². The number of aromatic nitrogens is 5. The first-order valence-corrected chi connectivity index (χ1v) is 10.6. The Hall–Kier alpha value is -3.33. The zero-order chi connectivity index (χ0) is 21.2. The van der Waals surface area contributed by atoms with E-state index >= 15 is 0 Å². The zero-order valence-corrected chi connectivity index (χ0v) is 17.5. The van der Waals surface area contributed by atoms with Crippen molar-refractivity contribution in [2.45, 2.75) is 26.2 Å². The van der Waals surface area contributed by atoms with E-state index in [1.807, 2.05) is 19.1 Å². The molecule has 2 aliphatic rings. The van der Waals surface area contributed by atoms with Crippen LogP contribution in [0.4, 0.5) is 11.6 Å². The minimum atomic E-state index is -0.0471. The van der Waals surface area contributed by atoms with E-state index in [0.717, 1.165) is 73.0 Å². The molecule has 1 aromatic carbocycles. The van der Waals surface area contributed by atoms with Gasteiger partial charge in [-0.05, 0) is 43.7 Å². The number of aryl methyl sites for hydroxylation is 1. The lowest BCUT2D eigenvalue weighted by atomic mass is 9.96. The van der Waals surface area contributed by atoms with Crippen molar-refractivity contribution < 1.29 is 11.0 Å². The van der Waals surface area contributed by atoms with Crippen LogP contribution in [0.15, 0.2) is 30.7 Å². The lowest BCUT2D eigenvalue weighted by Gasteiger charge is -2.31. The third kappa shape index (κ3) is 4.13. The third-order valence-corrected chi connectivity index (χ3v) is 5.98. The van der Waals surface area contributed by atoms with Gasteiger partial charge in [0.25, 0.3) is 0 Å². The normalized spacial score (nSPS) is 16.8. The molecule has 1 amide bonds. The molecule has 9 heteroatoms. The number of hydrogen-bond donors (Lipinski definition) is 2.